The van der Waals surface area contributed by atoms with Gasteiger partial charge in [-0.25, -0.2) is 8.42 Å². The first-order valence-corrected chi connectivity index (χ1v) is 8.50. The monoisotopic (exact) mass is 349 g/mol. The fourth-order valence-electron chi connectivity index (χ4n) is 2.06. The maximum absolute atomic E-state index is 11.4. The van der Waals surface area contributed by atoms with Gasteiger partial charge in [0.25, 0.3) is 0 Å². The summed E-state index contributed by atoms with van der Waals surface area (Å²) in [6.45, 7) is 1.82. The second kappa shape index (κ2) is 5.40. The lowest BCUT2D eigenvalue weighted by Gasteiger charge is -2.20. The molecule has 0 saturated carbocycles. The molecule has 0 spiro atoms. The molecule has 1 fully saturated rings. The molecule has 1 aliphatic heterocycles. The van der Waals surface area contributed by atoms with E-state index in [4.69, 9.17) is 10.5 Å². The van der Waals surface area contributed by atoms with Crippen molar-refractivity contribution in [3.63, 3.8) is 0 Å². The van der Waals surface area contributed by atoms with Crippen LogP contribution < -0.4 is 10.5 Å². The molecule has 3 atom stereocenters. The van der Waals surface area contributed by atoms with Gasteiger partial charge in [0, 0.05) is 16.1 Å². The highest BCUT2D eigenvalue weighted by Gasteiger charge is 2.38. The molecular formula is C12H16BrNO4S. The molecule has 0 amide bonds. The van der Waals surface area contributed by atoms with Crippen molar-refractivity contribution in [3.05, 3.63) is 28.2 Å². The van der Waals surface area contributed by atoms with E-state index < -0.39 is 22.0 Å². The van der Waals surface area contributed by atoms with E-state index in [1.165, 1.54) is 0 Å². The average Bonchev–Trinajstić information content (AvgIpc) is 2.54. The predicted molar refractivity (Wildman–Crippen MR) is 75.8 cm³/mol. The molecule has 1 heterocycles. The van der Waals surface area contributed by atoms with Crippen molar-refractivity contribution in [2.24, 2.45) is 5.73 Å². The molecule has 19 heavy (non-hydrogen) atoms. The topological polar surface area (TPSA) is 89.6 Å². The average molecular weight is 350 g/mol. The second-order valence-electron chi connectivity index (χ2n) is 4.77. The highest BCUT2D eigenvalue weighted by molar-refractivity contribution is 9.10. The smallest absolute Gasteiger partial charge is 0.156 e. The minimum Gasteiger partial charge on any atom is -0.486 e. The van der Waals surface area contributed by atoms with Crippen LogP contribution in [-0.2, 0) is 9.84 Å². The van der Waals surface area contributed by atoms with Crippen molar-refractivity contribution in [1.82, 2.24) is 0 Å². The van der Waals surface area contributed by atoms with Crippen molar-refractivity contribution in [3.8, 4) is 5.75 Å². The summed E-state index contributed by atoms with van der Waals surface area (Å²) in [6, 6.07) is 5.09. The molecule has 7 heteroatoms. The van der Waals surface area contributed by atoms with Crippen LogP contribution in [-0.4, -0.2) is 37.2 Å². The van der Waals surface area contributed by atoms with Crippen LogP contribution >= 0.6 is 15.9 Å². The molecule has 2 rings (SSSR count). The Morgan fingerprint density at radius 2 is 2.16 bits per heavy atom. The third-order valence-corrected chi connectivity index (χ3v) is 5.19. The summed E-state index contributed by atoms with van der Waals surface area (Å²) in [7, 11) is -3.22. The number of hydrogen-bond acceptors (Lipinski definition) is 5. The molecule has 1 aromatic carbocycles. The number of nitrogens with two attached hydrogens (primary N) is 1. The maximum atomic E-state index is 11.4. The number of aliphatic hydroxyl groups excluding tert-OH is 1. The summed E-state index contributed by atoms with van der Waals surface area (Å²) >= 11 is 3.35. The summed E-state index contributed by atoms with van der Waals surface area (Å²) in [6.07, 6.45) is -1.72. The SMILES string of the molecule is CC(N)c1cc(Br)ccc1OC1CS(=O)(=O)CC1O. The van der Waals surface area contributed by atoms with E-state index in [-0.39, 0.29) is 17.5 Å². The minimum atomic E-state index is -3.22. The quantitative estimate of drug-likeness (QED) is 0.849. The zero-order valence-electron chi connectivity index (χ0n) is 10.4. The molecular weight excluding hydrogens is 334 g/mol. The van der Waals surface area contributed by atoms with Gasteiger partial charge in [-0.15, -0.1) is 0 Å². The van der Waals surface area contributed by atoms with Gasteiger partial charge in [0.2, 0.25) is 0 Å². The molecule has 1 aliphatic rings. The van der Waals surface area contributed by atoms with Crippen LogP contribution in [0, 0.1) is 0 Å². The molecule has 5 nitrogen and oxygen atoms in total. The highest BCUT2D eigenvalue weighted by atomic mass is 79.9. The Labute approximate surface area is 120 Å². The Morgan fingerprint density at radius 1 is 1.47 bits per heavy atom. The molecule has 3 N–H and O–H groups in total. The van der Waals surface area contributed by atoms with Crippen LogP contribution in [0.4, 0.5) is 0 Å². The number of aliphatic hydroxyl groups is 1. The minimum absolute atomic E-state index is 0.164. The third-order valence-electron chi connectivity index (χ3n) is 3.01. The fourth-order valence-corrected chi connectivity index (χ4v) is 4.10. The van der Waals surface area contributed by atoms with Crippen molar-refractivity contribution in [2.75, 3.05) is 11.5 Å². The lowest BCUT2D eigenvalue weighted by atomic mass is 10.1. The molecule has 0 radical (unpaired) electrons. The van der Waals surface area contributed by atoms with Crippen molar-refractivity contribution >= 4 is 25.8 Å². The Hall–Kier alpha value is -0.630. The predicted octanol–water partition coefficient (Wildman–Crippen LogP) is 1.01. The van der Waals surface area contributed by atoms with Crippen molar-refractivity contribution in [2.45, 2.75) is 25.2 Å². The van der Waals surface area contributed by atoms with Gasteiger partial charge in [-0.2, -0.15) is 0 Å². The molecule has 0 bridgehead atoms. The Kier molecular flexibility index (Phi) is 4.20. The number of rotatable bonds is 3. The van der Waals surface area contributed by atoms with E-state index in [9.17, 15) is 13.5 Å². The largest absolute Gasteiger partial charge is 0.486 e. The lowest BCUT2D eigenvalue weighted by molar-refractivity contribution is 0.0729. The van der Waals surface area contributed by atoms with Gasteiger partial charge < -0.3 is 15.6 Å². The molecule has 0 aliphatic carbocycles. The van der Waals surface area contributed by atoms with E-state index >= 15 is 0 Å². The van der Waals surface area contributed by atoms with Crippen molar-refractivity contribution < 1.29 is 18.3 Å². The molecule has 1 saturated heterocycles. The zero-order valence-corrected chi connectivity index (χ0v) is 12.8. The third kappa shape index (κ3) is 3.47. The van der Waals surface area contributed by atoms with Gasteiger partial charge in [0.15, 0.2) is 9.84 Å². The van der Waals surface area contributed by atoms with Gasteiger partial charge in [0.1, 0.15) is 18.0 Å². The second-order valence-corrected chi connectivity index (χ2v) is 7.84. The van der Waals surface area contributed by atoms with Gasteiger partial charge in [-0.1, -0.05) is 15.9 Å². The van der Waals surface area contributed by atoms with Crippen LogP contribution in [0.2, 0.25) is 0 Å². The molecule has 3 unspecified atom stereocenters. The molecule has 106 valence electrons. The van der Waals surface area contributed by atoms with E-state index in [0.717, 1.165) is 10.0 Å². The Bertz CT molecular complexity index is 573. The van der Waals surface area contributed by atoms with Gasteiger partial charge in [0.05, 0.1) is 11.5 Å². The van der Waals surface area contributed by atoms with Crippen LogP contribution in [0.1, 0.15) is 18.5 Å². The summed E-state index contributed by atoms with van der Waals surface area (Å²) in [5, 5.41) is 9.73. The summed E-state index contributed by atoms with van der Waals surface area (Å²) in [5.41, 5.74) is 6.63. The number of hydrogen-bond donors (Lipinski definition) is 2. The number of halogens is 1. The van der Waals surface area contributed by atoms with Gasteiger partial charge >= 0.3 is 0 Å². The van der Waals surface area contributed by atoms with E-state index in [1.54, 1.807) is 12.1 Å². The number of sulfone groups is 1. The zero-order chi connectivity index (χ0) is 14.2. The van der Waals surface area contributed by atoms with E-state index in [0.29, 0.717) is 5.75 Å². The van der Waals surface area contributed by atoms with Crippen LogP contribution in [0.15, 0.2) is 22.7 Å². The number of ether oxygens (including phenoxy) is 1. The summed E-state index contributed by atoms with van der Waals surface area (Å²) in [4.78, 5) is 0. The normalized spacial score (nSPS) is 27.2. The Balaban J connectivity index is 2.25. The van der Waals surface area contributed by atoms with Crippen LogP contribution in [0.5, 0.6) is 5.75 Å². The molecule has 1 aromatic rings. The Morgan fingerprint density at radius 3 is 2.68 bits per heavy atom. The summed E-state index contributed by atoms with van der Waals surface area (Å²) < 4.78 is 29.4. The first-order valence-electron chi connectivity index (χ1n) is 5.88. The first kappa shape index (κ1) is 14.8. The maximum Gasteiger partial charge on any atom is 0.156 e. The van der Waals surface area contributed by atoms with Crippen LogP contribution in [0.3, 0.4) is 0 Å². The number of benzene rings is 1. The first-order chi connectivity index (χ1) is 8.78. The standard InChI is InChI=1S/C12H16BrNO4S/c1-7(14)9-4-8(13)2-3-11(9)18-12-6-19(16,17)5-10(12)15/h2-4,7,10,12,15H,5-6,14H2,1H3. The fraction of sp³-hybridized carbons (Fsp3) is 0.500. The van der Waals surface area contributed by atoms with Gasteiger partial charge in [-0.3, -0.25) is 0 Å². The van der Waals surface area contributed by atoms with E-state index in [1.807, 2.05) is 13.0 Å². The van der Waals surface area contributed by atoms with Crippen molar-refractivity contribution in [1.29, 1.82) is 0 Å². The van der Waals surface area contributed by atoms with Gasteiger partial charge in [-0.05, 0) is 25.1 Å². The van der Waals surface area contributed by atoms with Crippen LogP contribution in [0.25, 0.3) is 0 Å². The molecule has 0 aromatic heterocycles. The summed E-state index contributed by atoms with van der Waals surface area (Å²) in [5.74, 6) is 0.101. The lowest BCUT2D eigenvalue weighted by Crippen LogP contribution is -2.30. The van der Waals surface area contributed by atoms with E-state index in [2.05, 4.69) is 15.9 Å². The highest BCUT2D eigenvalue weighted by Crippen LogP contribution is 2.30.